The lowest BCUT2D eigenvalue weighted by Gasteiger charge is -2.14. The molecule has 0 unspecified atom stereocenters. The normalized spacial score (nSPS) is 11.7. The van der Waals surface area contributed by atoms with Crippen LogP contribution in [0.25, 0.3) is 0 Å². The van der Waals surface area contributed by atoms with E-state index in [0.717, 1.165) is 12.8 Å². The summed E-state index contributed by atoms with van der Waals surface area (Å²) in [6.45, 7) is 3.63. The molecule has 0 saturated carbocycles. The maximum absolute atomic E-state index is 9.78. The third-order valence-corrected chi connectivity index (χ3v) is 2.96. The molecule has 0 radical (unpaired) electrons. The minimum Gasteiger partial charge on any atom is -0.506 e. The van der Waals surface area contributed by atoms with Crippen molar-refractivity contribution in [2.45, 2.75) is 18.9 Å². The number of allylic oxidation sites excluding steroid dienone is 1. The first kappa shape index (κ1) is 15.8. The fraction of sp³-hybridized carbons (Fsp3) is 0.273. The summed E-state index contributed by atoms with van der Waals surface area (Å²) in [4.78, 5) is 0. The zero-order chi connectivity index (χ0) is 11.4. The van der Waals surface area contributed by atoms with Crippen molar-refractivity contribution in [3.05, 3.63) is 39.8 Å². The Labute approximate surface area is 115 Å². The first-order valence-electron chi connectivity index (χ1n) is 4.60. The van der Waals surface area contributed by atoms with Crippen LogP contribution in [0.2, 0.25) is 5.02 Å². The van der Waals surface area contributed by atoms with Gasteiger partial charge in [0.25, 0.3) is 0 Å². The number of phenolic OH excluding ortho intramolecular Hbond substituents is 1. The van der Waals surface area contributed by atoms with Gasteiger partial charge in [-0.3, -0.25) is 0 Å². The van der Waals surface area contributed by atoms with Crippen molar-refractivity contribution in [1.29, 1.82) is 0 Å². The molecule has 0 amide bonds. The Bertz CT molecular complexity index is 371. The number of hydrogen-bond acceptors (Lipinski definition) is 2. The topological polar surface area (TPSA) is 46.2 Å². The van der Waals surface area contributed by atoms with Crippen LogP contribution in [0.3, 0.4) is 0 Å². The molecule has 0 bridgehead atoms. The average molecular weight is 327 g/mol. The van der Waals surface area contributed by atoms with E-state index in [1.807, 2.05) is 0 Å². The number of aromatic hydroxyl groups is 1. The van der Waals surface area contributed by atoms with E-state index in [-0.39, 0.29) is 24.2 Å². The highest BCUT2D eigenvalue weighted by Gasteiger charge is 2.13. The molecule has 1 aromatic carbocycles. The van der Waals surface area contributed by atoms with Crippen molar-refractivity contribution in [1.82, 2.24) is 0 Å². The van der Waals surface area contributed by atoms with Crippen LogP contribution in [0.15, 0.2) is 29.3 Å². The predicted octanol–water partition coefficient (Wildman–Crippen LogP) is 4.20. The van der Waals surface area contributed by atoms with Gasteiger partial charge in [0.15, 0.2) is 0 Å². The molecule has 1 atom stereocenters. The highest BCUT2D eigenvalue weighted by atomic mass is 79.9. The molecule has 1 rings (SSSR count). The molecule has 0 aliphatic heterocycles. The first-order valence-corrected chi connectivity index (χ1v) is 5.77. The van der Waals surface area contributed by atoms with Gasteiger partial charge in [-0.2, -0.15) is 0 Å². The summed E-state index contributed by atoms with van der Waals surface area (Å²) >= 11 is 9.11. The molecule has 0 spiro atoms. The molecular weight excluding hydrogens is 313 g/mol. The Hall–Kier alpha value is -0.220. The van der Waals surface area contributed by atoms with Gasteiger partial charge >= 0.3 is 0 Å². The quantitative estimate of drug-likeness (QED) is 0.815. The van der Waals surface area contributed by atoms with Crippen LogP contribution in [0.1, 0.15) is 24.4 Å². The van der Waals surface area contributed by atoms with Crippen molar-refractivity contribution in [2.75, 3.05) is 0 Å². The molecule has 3 N–H and O–H groups in total. The summed E-state index contributed by atoms with van der Waals surface area (Å²) in [7, 11) is 0. The van der Waals surface area contributed by atoms with Gasteiger partial charge in [-0.05, 0) is 40.9 Å². The van der Waals surface area contributed by atoms with Crippen LogP contribution >= 0.6 is 39.9 Å². The van der Waals surface area contributed by atoms with E-state index in [9.17, 15) is 5.11 Å². The number of phenols is 1. The number of halogens is 3. The summed E-state index contributed by atoms with van der Waals surface area (Å²) in [5.41, 5.74) is 6.60. The number of rotatable bonds is 4. The largest absolute Gasteiger partial charge is 0.506 e. The molecule has 0 aromatic heterocycles. The number of benzene rings is 1. The standard InChI is InChI=1S/C11H13BrClNO.ClH/c1-2-3-4-10(14)8-5-7(13)6-9(12)11(8)15;/h2,5-6,10,15H,1,3-4,14H2;1H/t10-;/m0./s1. The average Bonchev–Trinajstić information content (AvgIpc) is 2.19. The molecule has 90 valence electrons. The first-order chi connectivity index (χ1) is 7.06. The second-order valence-corrected chi connectivity index (χ2v) is 4.59. The Balaban J connectivity index is 0.00000225. The maximum atomic E-state index is 9.78. The predicted molar refractivity (Wildman–Crippen MR) is 74.4 cm³/mol. The van der Waals surface area contributed by atoms with E-state index in [0.29, 0.717) is 15.1 Å². The zero-order valence-corrected chi connectivity index (χ0v) is 11.8. The Kier molecular flexibility index (Phi) is 7.07. The Morgan fingerprint density at radius 2 is 2.19 bits per heavy atom. The Morgan fingerprint density at radius 3 is 2.75 bits per heavy atom. The molecule has 0 fully saturated rings. The third kappa shape index (κ3) is 3.98. The molecular formula is C11H14BrCl2NO. The van der Waals surface area contributed by atoms with Gasteiger partial charge in [0.2, 0.25) is 0 Å². The third-order valence-electron chi connectivity index (χ3n) is 2.14. The van der Waals surface area contributed by atoms with E-state index in [1.165, 1.54) is 0 Å². The van der Waals surface area contributed by atoms with Gasteiger partial charge in [-0.15, -0.1) is 19.0 Å². The van der Waals surface area contributed by atoms with E-state index >= 15 is 0 Å². The molecule has 2 nitrogen and oxygen atoms in total. The molecule has 1 aromatic rings. The van der Waals surface area contributed by atoms with Gasteiger partial charge < -0.3 is 10.8 Å². The molecule has 0 aliphatic carbocycles. The fourth-order valence-electron chi connectivity index (χ4n) is 1.32. The van der Waals surface area contributed by atoms with Crippen LogP contribution in [0, 0.1) is 0 Å². The van der Waals surface area contributed by atoms with Gasteiger partial charge in [-0.25, -0.2) is 0 Å². The summed E-state index contributed by atoms with van der Waals surface area (Å²) in [6.07, 6.45) is 3.35. The van der Waals surface area contributed by atoms with Gasteiger partial charge in [0.1, 0.15) is 5.75 Å². The van der Waals surface area contributed by atoms with E-state index in [1.54, 1.807) is 18.2 Å². The van der Waals surface area contributed by atoms with Gasteiger partial charge in [0.05, 0.1) is 4.47 Å². The molecule has 16 heavy (non-hydrogen) atoms. The fourth-order valence-corrected chi connectivity index (χ4v) is 2.16. The monoisotopic (exact) mass is 325 g/mol. The van der Waals surface area contributed by atoms with E-state index in [2.05, 4.69) is 22.5 Å². The number of hydrogen-bond donors (Lipinski definition) is 2. The van der Waals surface area contributed by atoms with Gasteiger partial charge in [-0.1, -0.05) is 17.7 Å². The van der Waals surface area contributed by atoms with Crippen LogP contribution in [0.4, 0.5) is 0 Å². The molecule has 0 aliphatic rings. The lowest BCUT2D eigenvalue weighted by atomic mass is 10.0. The lowest BCUT2D eigenvalue weighted by molar-refractivity contribution is 0.455. The number of nitrogens with two attached hydrogens (primary N) is 1. The SMILES string of the molecule is C=CCC[C@H](N)c1cc(Cl)cc(Br)c1O.Cl. The van der Waals surface area contributed by atoms with Crippen LogP contribution in [-0.4, -0.2) is 5.11 Å². The van der Waals surface area contributed by atoms with Crippen molar-refractivity contribution in [3.63, 3.8) is 0 Å². The smallest absolute Gasteiger partial charge is 0.134 e. The maximum Gasteiger partial charge on any atom is 0.134 e. The second-order valence-electron chi connectivity index (χ2n) is 3.30. The van der Waals surface area contributed by atoms with Crippen LogP contribution < -0.4 is 5.73 Å². The lowest BCUT2D eigenvalue weighted by Crippen LogP contribution is -2.10. The highest BCUT2D eigenvalue weighted by molar-refractivity contribution is 9.10. The van der Waals surface area contributed by atoms with Crippen molar-refractivity contribution < 1.29 is 5.11 Å². The molecule has 0 heterocycles. The van der Waals surface area contributed by atoms with Crippen LogP contribution in [0.5, 0.6) is 5.75 Å². The molecule has 0 saturated heterocycles. The second kappa shape index (κ2) is 7.17. The summed E-state index contributed by atoms with van der Waals surface area (Å²) < 4.78 is 0.569. The van der Waals surface area contributed by atoms with Crippen molar-refractivity contribution in [2.24, 2.45) is 5.73 Å². The summed E-state index contributed by atoms with van der Waals surface area (Å²) in [5, 5.41) is 10.3. The zero-order valence-electron chi connectivity index (χ0n) is 8.62. The summed E-state index contributed by atoms with van der Waals surface area (Å²) in [5.74, 6) is 0.163. The minimum atomic E-state index is -0.224. The molecule has 5 heteroatoms. The van der Waals surface area contributed by atoms with Crippen molar-refractivity contribution in [3.8, 4) is 5.75 Å². The highest BCUT2D eigenvalue weighted by Crippen LogP contribution is 2.35. The Morgan fingerprint density at radius 1 is 1.56 bits per heavy atom. The van der Waals surface area contributed by atoms with Gasteiger partial charge in [0, 0.05) is 16.6 Å². The van der Waals surface area contributed by atoms with Crippen LogP contribution in [-0.2, 0) is 0 Å². The van der Waals surface area contributed by atoms with Crippen molar-refractivity contribution >= 4 is 39.9 Å². The minimum absolute atomic E-state index is 0. The summed E-state index contributed by atoms with van der Waals surface area (Å²) in [6, 6.07) is 3.11. The van der Waals surface area contributed by atoms with E-state index < -0.39 is 0 Å². The van der Waals surface area contributed by atoms with E-state index in [4.69, 9.17) is 17.3 Å².